The minimum absolute atomic E-state index is 0. The predicted molar refractivity (Wildman–Crippen MR) is 60.8 cm³/mol. The Morgan fingerprint density at radius 3 is 2.53 bits per heavy atom. The molecule has 0 aromatic carbocycles. The third kappa shape index (κ3) is 5.32. The first-order chi connectivity index (χ1) is 6.04. The van der Waals surface area contributed by atoms with Crippen molar-refractivity contribution < 1.29 is 21.1 Å². The molecule has 2 nitrogen and oxygen atoms in total. The van der Waals surface area contributed by atoms with Crippen LogP contribution in [0.3, 0.4) is 0 Å². The van der Waals surface area contributed by atoms with Gasteiger partial charge in [0.15, 0.2) is 0 Å². The van der Waals surface area contributed by atoms with Gasteiger partial charge < -0.3 is 16.9 Å². The third-order valence-corrected chi connectivity index (χ3v) is 1.80. The van der Waals surface area contributed by atoms with Crippen LogP contribution in [0.4, 0.5) is 0 Å². The van der Waals surface area contributed by atoms with Gasteiger partial charge >= 0.3 is 21.1 Å². The van der Waals surface area contributed by atoms with Crippen molar-refractivity contribution in [1.29, 1.82) is 0 Å². The molecular weight excluding hydrogens is 356 g/mol. The van der Waals surface area contributed by atoms with Crippen molar-refractivity contribution in [3.63, 3.8) is 0 Å². The van der Waals surface area contributed by atoms with Gasteiger partial charge in [-0.3, -0.25) is 0 Å². The molecule has 1 heterocycles. The van der Waals surface area contributed by atoms with Gasteiger partial charge in [0.25, 0.3) is 0 Å². The largest absolute Gasteiger partial charge is 2.00 e. The molecule has 0 saturated heterocycles. The quantitative estimate of drug-likeness (QED) is 0.730. The van der Waals surface area contributed by atoms with E-state index in [0.717, 1.165) is 5.49 Å². The summed E-state index contributed by atoms with van der Waals surface area (Å²) in [5.74, 6) is 0. The van der Waals surface area contributed by atoms with Crippen molar-refractivity contribution in [3.8, 4) is 0 Å². The minimum atomic E-state index is 0. The van der Waals surface area contributed by atoms with E-state index in [2.05, 4.69) is 43.7 Å². The van der Waals surface area contributed by atoms with E-state index < -0.39 is 0 Å². The summed E-state index contributed by atoms with van der Waals surface area (Å²) in [6.07, 6.45) is 1.89. The van der Waals surface area contributed by atoms with Crippen molar-refractivity contribution >= 4 is 0 Å². The molecule has 0 fully saturated rings. The minimum Gasteiger partial charge on any atom is -0.380 e. The van der Waals surface area contributed by atoms with Gasteiger partial charge in [-0.05, 0) is 5.41 Å². The Labute approximate surface area is 107 Å². The number of nitrogens with zero attached hydrogens (tertiary/aromatic N) is 1. The molecular formula is C12H20N2W. The molecule has 1 rings (SSSR count). The van der Waals surface area contributed by atoms with Gasteiger partial charge in [0.2, 0.25) is 0 Å². The molecule has 15 heavy (non-hydrogen) atoms. The number of hydrogen-bond donors (Lipinski definition) is 1. The number of aromatic nitrogens is 1. The Bertz CT molecular complexity index is 334. The van der Waals surface area contributed by atoms with Crippen molar-refractivity contribution in [2.45, 2.75) is 33.6 Å². The number of aromatic amines is 1. The van der Waals surface area contributed by atoms with Gasteiger partial charge in [0.05, 0.1) is 0 Å². The van der Waals surface area contributed by atoms with E-state index in [-0.39, 0.29) is 33.9 Å². The van der Waals surface area contributed by atoms with Crippen LogP contribution in [0.15, 0.2) is 17.3 Å². The SMILES string of the molecule is C.[CH2-]CN=c1[c-]c(C(C)(C)C)cc[nH]1.[W+2]. The van der Waals surface area contributed by atoms with E-state index in [1.807, 2.05) is 12.3 Å². The van der Waals surface area contributed by atoms with Crippen LogP contribution in [0.2, 0.25) is 0 Å². The second kappa shape index (κ2) is 7.00. The smallest absolute Gasteiger partial charge is 0.380 e. The molecule has 1 aromatic heterocycles. The molecule has 0 unspecified atom stereocenters. The van der Waals surface area contributed by atoms with E-state index in [4.69, 9.17) is 0 Å². The van der Waals surface area contributed by atoms with Crippen molar-refractivity contribution in [2.24, 2.45) is 4.99 Å². The second-order valence-electron chi connectivity index (χ2n) is 4.00. The molecule has 0 aliphatic heterocycles. The van der Waals surface area contributed by atoms with Crippen LogP contribution >= 0.6 is 0 Å². The van der Waals surface area contributed by atoms with Gasteiger partial charge in [0.1, 0.15) is 0 Å². The van der Waals surface area contributed by atoms with E-state index in [9.17, 15) is 0 Å². The summed E-state index contributed by atoms with van der Waals surface area (Å²) in [5.41, 5.74) is 2.07. The summed E-state index contributed by atoms with van der Waals surface area (Å²) >= 11 is 0. The van der Waals surface area contributed by atoms with Crippen molar-refractivity contribution in [2.75, 3.05) is 6.54 Å². The summed E-state index contributed by atoms with van der Waals surface area (Å²) in [7, 11) is 0. The van der Waals surface area contributed by atoms with Crippen LogP contribution in [0, 0.1) is 13.0 Å². The second-order valence-corrected chi connectivity index (χ2v) is 4.00. The fourth-order valence-corrected chi connectivity index (χ4v) is 1.04. The van der Waals surface area contributed by atoms with Crippen LogP contribution in [0.1, 0.15) is 33.8 Å². The van der Waals surface area contributed by atoms with Gasteiger partial charge in [-0.2, -0.15) is 6.07 Å². The summed E-state index contributed by atoms with van der Waals surface area (Å²) in [6.45, 7) is 10.7. The van der Waals surface area contributed by atoms with E-state index in [0.29, 0.717) is 6.54 Å². The van der Waals surface area contributed by atoms with Crippen LogP contribution in [-0.4, -0.2) is 11.5 Å². The molecule has 0 atom stereocenters. The molecule has 1 N–H and O–H groups in total. The van der Waals surface area contributed by atoms with E-state index >= 15 is 0 Å². The van der Waals surface area contributed by atoms with Gasteiger partial charge in [-0.1, -0.05) is 40.9 Å². The molecule has 1 aromatic rings. The average molecular weight is 376 g/mol. The maximum atomic E-state index is 4.16. The summed E-state index contributed by atoms with van der Waals surface area (Å²) in [5, 5.41) is 0. The molecule has 84 valence electrons. The molecule has 0 amide bonds. The number of rotatable bonds is 1. The number of hydrogen-bond acceptors (Lipinski definition) is 1. The zero-order chi connectivity index (χ0) is 9.90. The average Bonchev–Trinajstić information content (AvgIpc) is 2.04. The molecule has 0 aliphatic rings. The molecule has 3 heteroatoms. The summed E-state index contributed by atoms with van der Waals surface area (Å²) < 4.78 is 0. The van der Waals surface area contributed by atoms with Crippen LogP contribution in [-0.2, 0) is 26.5 Å². The Kier molecular flexibility index (Phi) is 7.96. The summed E-state index contributed by atoms with van der Waals surface area (Å²) in [6, 6.07) is 5.25. The predicted octanol–water partition coefficient (Wildman–Crippen LogP) is 2.48. The fraction of sp³-hybridized carbons (Fsp3) is 0.500. The van der Waals surface area contributed by atoms with Crippen LogP contribution < -0.4 is 5.49 Å². The summed E-state index contributed by atoms with van der Waals surface area (Å²) in [4.78, 5) is 7.18. The number of pyridine rings is 1. The monoisotopic (exact) mass is 376 g/mol. The van der Waals surface area contributed by atoms with E-state index in [1.54, 1.807) is 0 Å². The Morgan fingerprint density at radius 1 is 1.47 bits per heavy atom. The maximum Gasteiger partial charge on any atom is 2.00 e. The molecule has 0 saturated carbocycles. The Morgan fingerprint density at radius 2 is 2.07 bits per heavy atom. The molecule has 0 bridgehead atoms. The third-order valence-electron chi connectivity index (χ3n) is 1.80. The first kappa shape index (κ1) is 17.0. The zero-order valence-electron chi connectivity index (χ0n) is 8.92. The molecule has 0 spiro atoms. The van der Waals surface area contributed by atoms with Gasteiger partial charge in [-0.25, -0.2) is 11.6 Å². The zero-order valence-corrected chi connectivity index (χ0v) is 11.9. The van der Waals surface area contributed by atoms with Crippen molar-refractivity contribution in [1.82, 2.24) is 4.98 Å². The maximum absolute atomic E-state index is 4.16. The van der Waals surface area contributed by atoms with Crippen LogP contribution in [0.5, 0.6) is 0 Å². The number of H-pyrrole nitrogens is 1. The molecule has 0 aliphatic carbocycles. The van der Waals surface area contributed by atoms with Gasteiger partial charge in [-0.15, -0.1) is 0 Å². The Balaban J connectivity index is 0. The first-order valence-electron chi connectivity index (χ1n) is 4.45. The van der Waals surface area contributed by atoms with Crippen LogP contribution in [0.25, 0.3) is 0 Å². The standard InChI is InChI=1S/C11H16N2.CH4.W/c1-5-12-10-8-9(6-7-13-10)11(2,3)4;;/h6-7H,1,5H2,2-4H3,(H,12,13);1H4;/q-2;;+2. The molecule has 0 radical (unpaired) electrons. The number of nitrogens with one attached hydrogen (secondary N) is 1. The normalized spacial score (nSPS) is 11.6. The first-order valence-corrected chi connectivity index (χ1v) is 4.45. The topological polar surface area (TPSA) is 28.1 Å². The van der Waals surface area contributed by atoms with Gasteiger partial charge in [0, 0.05) is 5.49 Å². The van der Waals surface area contributed by atoms with Crippen molar-refractivity contribution in [3.05, 3.63) is 36.3 Å². The Hall–Kier alpha value is -0.362. The van der Waals surface area contributed by atoms with E-state index in [1.165, 1.54) is 5.56 Å². The fourth-order valence-electron chi connectivity index (χ4n) is 1.04.